The number of aromatic nitrogens is 1. The molecule has 5 heteroatoms. The number of furan rings is 1. The van der Waals surface area contributed by atoms with Crippen molar-refractivity contribution in [1.29, 1.82) is 0 Å². The van der Waals surface area contributed by atoms with Crippen LogP contribution < -0.4 is 5.32 Å². The second-order valence-electron chi connectivity index (χ2n) is 10.5. The van der Waals surface area contributed by atoms with Crippen molar-refractivity contribution in [2.24, 2.45) is 9.98 Å². The summed E-state index contributed by atoms with van der Waals surface area (Å²) in [6, 6.07) is 37.9. The van der Waals surface area contributed by atoms with Crippen LogP contribution in [0.3, 0.4) is 0 Å². The normalized spacial score (nSPS) is 15.6. The highest BCUT2D eigenvalue weighted by Crippen LogP contribution is 2.48. The molecule has 7 aromatic rings. The molecule has 41 heavy (non-hydrogen) atoms. The van der Waals surface area contributed by atoms with E-state index in [0.29, 0.717) is 0 Å². The molecule has 0 radical (unpaired) electrons. The molecule has 0 bridgehead atoms. The van der Waals surface area contributed by atoms with E-state index in [9.17, 15) is 0 Å². The molecule has 1 unspecified atom stereocenters. The molecule has 1 aliphatic carbocycles. The molecule has 1 N–H and O–H groups in total. The number of nitrogens with one attached hydrogen (secondary N) is 1. The van der Waals surface area contributed by atoms with Crippen molar-refractivity contribution >= 4 is 44.4 Å². The maximum Gasteiger partial charge on any atom is 0.169 e. The van der Waals surface area contributed by atoms with E-state index in [1.807, 2.05) is 42.6 Å². The number of hydrogen-bond donors (Lipinski definition) is 1. The Morgan fingerprint density at radius 2 is 1.20 bits per heavy atom. The van der Waals surface area contributed by atoms with Crippen molar-refractivity contribution in [2.75, 3.05) is 0 Å². The Bertz CT molecular complexity index is 2210. The summed E-state index contributed by atoms with van der Waals surface area (Å²) in [4.78, 5) is 14.7. The number of nitrogens with zero attached hydrogens (tertiary/aromatic N) is 3. The van der Waals surface area contributed by atoms with Gasteiger partial charge in [0.1, 0.15) is 22.8 Å². The number of benzene rings is 5. The summed E-state index contributed by atoms with van der Waals surface area (Å²) in [6.45, 7) is 0. The van der Waals surface area contributed by atoms with Gasteiger partial charge in [-0.05, 0) is 50.7 Å². The Morgan fingerprint density at radius 1 is 0.512 bits per heavy atom. The van der Waals surface area contributed by atoms with Crippen LogP contribution in [0.15, 0.2) is 136 Å². The Kier molecular flexibility index (Phi) is 4.61. The monoisotopic (exact) mass is 526 g/mol. The average molecular weight is 527 g/mol. The first kappa shape index (κ1) is 22.3. The number of aliphatic imine (C=N–C) groups is 2. The van der Waals surface area contributed by atoms with Gasteiger partial charge in [0.25, 0.3) is 0 Å². The van der Waals surface area contributed by atoms with Gasteiger partial charge < -0.3 is 9.73 Å². The van der Waals surface area contributed by atoms with Gasteiger partial charge >= 0.3 is 0 Å². The van der Waals surface area contributed by atoms with Gasteiger partial charge in [0, 0.05) is 34.3 Å². The predicted molar refractivity (Wildman–Crippen MR) is 165 cm³/mol. The lowest BCUT2D eigenvalue weighted by Gasteiger charge is -2.23. The smallest absolute Gasteiger partial charge is 0.169 e. The minimum absolute atomic E-state index is 0.394. The van der Waals surface area contributed by atoms with E-state index >= 15 is 0 Å². The molecule has 5 aromatic carbocycles. The quantitative estimate of drug-likeness (QED) is 0.252. The minimum atomic E-state index is -0.394. The van der Waals surface area contributed by atoms with Crippen LogP contribution in [-0.4, -0.2) is 16.7 Å². The van der Waals surface area contributed by atoms with Crippen molar-refractivity contribution in [3.8, 4) is 22.3 Å². The zero-order chi connectivity index (χ0) is 26.9. The van der Waals surface area contributed by atoms with Gasteiger partial charge in [-0.2, -0.15) is 0 Å². The van der Waals surface area contributed by atoms with Crippen LogP contribution in [-0.2, 0) is 0 Å². The first-order chi connectivity index (χ1) is 20.3. The summed E-state index contributed by atoms with van der Waals surface area (Å²) in [5.41, 5.74) is 9.74. The lowest BCUT2D eigenvalue weighted by molar-refractivity contribution is 0.668. The van der Waals surface area contributed by atoms with E-state index in [-0.39, 0.29) is 0 Å². The minimum Gasteiger partial charge on any atom is -0.456 e. The molecule has 192 valence electrons. The third kappa shape index (κ3) is 3.26. The van der Waals surface area contributed by atoms with Crippen molar-refractivity contribution in [3.63, 3.8) is 0 Å². The topological polar surface area (TPSA) is 62.8 Å². The van der Waals surface area contributed by atoms with E-state index in [4.69, 9.17) is 14.4 Å². The van der Waals surface area contributed by atoms with Gasteiger partial charge in [0.05, 0.1) is 0 Å². The highest BCUT2D eigenvalue weighted by Gasteiger charge is 2.27. The van der Waals surface area contributed by atoms with Crippen LogP contribution in [0.2, 0.25) is 0 Å². The fraction of sp³-hybridized carbons (Fsp3) is 0.0278. The second-order valence-corrected chi connectivity index (χ2v) is 10.5. The highest BCUT2D eigenvalue weighted by atomic mass is 16.3. The highest BCUT2D eigenvalue weighted by molar-refractivity contribution is 6.27. The fourth-order valence-corrected chi connectivity index (χ4v) is 6.38. The summed E-state index contributed by atoms with van der Waals surface area (Å²) in [5, 5.41) is 8.04. The molecule has 1 aliphatic heterocycles. The van der Waals surface area contributed by atoms with Crippen molar-refractivity contribution in [1.82, 2.24) is 10.3 Å². The third-order valence-corrected chi connectivity index (χ3v) is 8.19. The SMILES string of the molecule is c1ccc(C2N=C(c3ccc4c5c(cccc35)-c3ccccc3-4)NC(c3cccc4oc5ccncc5c34)=N2)cc1. The lowest BCUT2D eigenvalue weighted by atomic mass is 9.97. The lowest BCUT2D eigenvalue weighted by Crippen LogP contribution is -2.36. The first-order valence-corrected chi connectivity index (χ1v) is 13.7. The summed E-state index contributed by atoms with van der Waals surface area (Å²) in [6.07, 6.45) is 3.22. The Balaban J connectivity index is 1.26. The zero-order valence-electron chi connectivity index (χ0n) is 21.9. The number of pyridine rings is 1. The van der Waals surface area contributed by atoms with E-state index in [2.05, 4.69) is 83.1 Å². The van der Waals surface area contributed by atoms with Crippen molar-refractivity contribution in [3.05, 3.63) is 138 Å². The largest absolute Gasteiger partial charge is 0.456 e. The molecule has 0 amide bonds. The van der Waals surface area contributed by atoms with Crippen LogP contribution in [0, 0.1) is 0 Å². The van der Waals surface area contributed by atoms with E-state index in [0.717, 1.165) is 50.3 Å². The third-order valence-electron chi connectivity index (χ3n) is 8.19. The van der Waals surface area contributed by atoms with E-state index in [1.165, 1.54) is 33.0 Å². The summed E-state index contributed by atoms with van der Waals surface area (Å²) >= 11 is 0. The summed E-state index contributed by atoms with van der Waals surface area (Å²) < 4.78 is 6.18. The molecule has 0 fully saturated rings. The maximum absolute atomic E-state index is 6.18. The predicted octanol–water partition coefficient (Wildman–Crippen LogP) is 8.28. The van der Waals surface area contributed by atoms with Gasteiger partial charge in [-0.25, -0.2) is 9.98 Å². The maximum atomic E-state index is 6.18. The van der Waals surface area contributed by atoms with Gasteiger partial charge in [0.2, 0.25) is 0 Å². The van der Waals surface area contributed by atoms with Crippen LogP contribution in [0.1, 0.15) is 22.9 Å². The summed E-state index contributed by atoms with van der Waals surface area (Å²) in [7, 11) is 0. The first-order valence-electron chi connectivity index (χ1n) is 13.7. The van der Waals surface area contributed by atoms with E-state index in [1.54, 1.807) is 6.20 Å². The summed E-state index contributed by atoms with van der Waals surface area (Å²) in [5.74, 6) is 1.55. The van der Waals surface area contributed by atoms with Crippen molar-refractivity contribution < 1.29 is 4.42 Å². The van der Waals surface area contributed by atoms with Gasteiger partial charge in [-0.1, -0.05) is 97.1 Å². The molecule has 0 spiro atoms. The number of fused-ring (bicyclic) bond motifs is 6. The molecular weight excluding hydrogens is 504 g/mol. The Morgan fingerprint density at radius 3 is 2.05 bits per heavy atom. The van der Waals surface area contributed by atoms with Crippen LogP contribution >= 0.6 is 0 Å². The zero-order valence-corrected chi connectivity index (χ0v) is 21.9. The molecule has 9 rings (SSSR count). The van der Waals surface area contributed by atoms with Crippen LogP contribution in [0.5, 0.6) is 0 Å². The number of hydrogen-bond acceptors (Lipinski definition) is 5. The molecule has 2 aliphatic rings. The molecule has 0 saturated heterocycles. The average Bonchev–Trinajstić information content (AvgIpc) is 3.59. The molecule has 3 heterocycles. The molecular formula is C36H22N4O. The molecule has 2 aromatic heterocycles. The Labute approximate surface area is 235 Å². The van der Waals surface area contributed by atoms with Gasteiger partial charge in [0.15, 0.2) is 6.17 Å². The fourth-order valence-electron chi connectivity index (χ4n) is 6.38. The number of amidine groups is 2. The molecule has 0 saturated carbocycles. The molecule has 5 nitrogen and oxygen atoms in total. The number of rotatable bonds is 3. The standard InChI is InChI=1S/C36H22N4O/c1-2-8-21(9-3-1)34-38-35(27-17-16-26-23-11-5-4-10-22(23)24-12-6-13-25(27)32(24)26)40-36(39-34)28-14-7-15-31-33(28)29-20-37-19-18-30(29)41-31/h1-20,34H,(H,38,39,40). The Hall–Kier alpha value is -5.55. The van der Waals surface area contributed by atoms with Crippen LogP contribution in [0.25, 0.3) is 55.0 Å². The van der Waals surface area contributed by atoms with Gasteiger partial charge in [-0.3, -0.25) is 4.98 Å². The van der Waals surface area contributed by atoms with Crippen LogP contribution in [0.4, 0.5) is 0 Å². The second kappa shape index (κ2) is 8.47. The molecule has 1 atom stereocenters. The van der Waals surface area contributed by atoms with E-state index < -0.39 is 6.17 Å². The van der Waals surface area contributed by atoms with Crippen molar-refractivity contribution in [2.45, 2.75) is 6.17 Å². The van der Waals surface area contributed by atoms with Gasteiger partial charge in [-0.15, -0.1) is 0 Å².